The van der Waals surface area contributed by atoms with E-state index in [9.17, 15) is 13.2 Å². The Morgan fingerprint density at radius 3 is 2.31 bits per heavy atom. The van der Waals surface area contributed by atoms with Gasteiger partial charge in [-0.3, -0.25) is 4.79 Å². The number of amides is 1. The van der Waals surface area contributed by atoms with Gasteiger partial charge in [-0.25, -0.2) is 8.42 Å². The van der Waals surface area contributed by atoms with Crippen molar-refractivity contribution in [3.05, 3.63) is 23.3 Å². The third-order valence-corrected chi connectivity index (χ3v) is 6.07. The van der Waals surface area contributed by atoms with Gasteiger partial charge in [0.15, 0.2) is 0 Å². The molecule has 1 N–H and O–H groups in total. The van der Waals surface area contributed by atoms with E-state index in [1.165, 1.54) is 7.11 Å². The van der Waals surface area contributed by atoms with Crippen LogP contribution in [-0.2, 0) is 19.6 Å². The fourth-order valence-corrected chi connectivity index (χ4v) is 4.39. The van der Waals surface area contributed by atoms with Crippen LogP contribution in [0.3, 0.4) is 0 Å². The molecule has 146 valence electrons. The van der Waals surface area contributed by atoms with E-state index in [0.717, 1.165) is 11.1 Å². The first kappa shape index (κ1) is 20.7. The van der Waals surface area contributed by atoms with E-state index in [4.69, 9.17) is 9.47 Å². The molecule has 1 fully saturated rings. The lowest BCUT2D eigenvalue weighted by atomic mass is 10.0. The van der Waals surface area contributed by atoms with Gasteiger partial charge in [-0.1, -0.05) is 13.8 Å². The van der Waals surface area contributed by atoms with Crippen LogP contribution in [0.5, 0.6) is 5.75 Å². The number of morpholine rings is 1. The molecule has 0 aromatic heterocycles. The van der Waals surface area contributed by atoms with Crippen molar-refractivity contribution in [3.8, 4) is 5.75 Å². The third-order valence-electron chi connectivity index (χ3n) is 4.61. The van der Waals surface area contributed by atoms with Crippen LogP contribution >= 0.6 is 0 Å². The number of rotatable bonds is 6. The quantitative estimate of drug-likeness (QED) is 0.803. The summed E-state index contributed by atoms with van der Waals surface area (Å²) in [6.07, 6.45) is 0. The Morgan fingerprint density at radius 1 is 1.19 bits per heavy atom. The Hall–Kier alpha value is -1.64. The Morgan fingerprint density at radius 2 is 1.77 bits per heavy atom. The second kappa shape index (κ2) is 8.37. The minimum Gasteiger partial charge on any atom is -0.495 e. The first-order chi connectivity index (χ1) is 12.2. The van der Waals surface area contributed by atoms with Crippen molar-refractivity contribution in [2.45, 2.75) is 38.6 Å². The van der Waals surface area contributed by atoms with Gasteiger partial charge < -0.3 is 14.4 Å². The van der Waals surface area contributed by atoms with Crippen molar-refractivity contribution in [1.82, 2.24) is 9.62 Å². The molecule has 8 heteroatoms. The van der Waals surface area contributed by atoms with Crippen molar-refractivity contribution in [3.63, 3.8) is 0 Å². The van der Waals surface area contributed by atoms with E-state index < -0.39 is 16.1 Å². The molecular weight excluding hydrogens is 356 g/mol. The molecule has 7 nitrogen and oxygen atoms in total. The lowest BCUT2D eigenvalue weighted by molar-refractivity contribution is -0.138. The number of aryl methyl sites for hydroxylation is 2. The lowest BCUT2D eigenvalue weighted by Gasteiger charge is -2.32. The zero-order valence-corrected chi connectivity index (χ0v) is 16.9. The summed E-state index contributed by atoms with van der Waals surface area (Å²) in [5.41, 5.74) is 1.78. The second-order valence-electron chi connectivity index (χ2n) is 6.87. The van der Waals surface area contributed by atoms with E-state index in [1.807, 2.05) is 27.7 Å². The Balaban J connectivity index is 2.32. The molecule has 0 saturated carbocycles. The Labute approximate surface area is 155 Å². The highest BCUT2D eigenvalue weighted by atomic mass is 32.2. The molecule has 2 rings (SSSR count). The summed E-state index contributed by atoms with van der Waals surface area (Å²) in [5, 5.41) is 0. The van der Waals surface area contributed by atoms with Crippen LogP contribution in [0.4, 0.5) is 0 Å². The van der Waals surface area contributed by atoms with Crippen molar-refractivity contribution >= 4 is 15.9 Å². The molecule has 26 heavy (non-hydrogen) atoms. The lowest BCUT2D eigenvalue weighted by Crippen LogP contribution is -2.53. The highest BCUT2D eigenvalue weighted by Crippen LogP contribution is 2.28. The van der Waals surface area contributed by atoms with Crippen molar-refractivity contribution in [1.29, 1.82) is 0 Å². The molecule has 1 aromatic rings. The standard InChI is InChI=1S/C18H28N2O5S/c1-12(2)17(18(21)20-6-8-25-9-7-20)19-26(22,23)16-11-14(4)13(3)10-15(16)24-5/h10-12,17,19H,6-9H2,1-5H3/t17-/m1/s1. The normalized spacial score (nSPS) is 16.6. The fourth-order valence-electron chi connectivity index (χ4n) is 2.82. The average molecular weight is 384 g/mol. The predicted octanol–water partition coefficient (Wildman–Crippen LogP) is 1.47. The molecule has 1 aliphatic heterocycles. The number of carbonyl (C=O) groups is 1. The van der Waals surface area contributed by atoms with Gasteiger partial charge in [0, 0.05) is 13.1 Å². The number of methoxy groups -OCH3 is 1. The maximum atomic E-state index is 13.0. The molecule has 0 radical (unpaired) electrons. The van der Waals surface area contributed by atoms with E-state index >= 15 is 0 Å². The van der Waals surface area contributed by atoms with E-state index in [0.29, 0.717) is 26.3 Å². The van der Waals surface area contributed by atoms with Gasteiger partial charge in [-0.05, 0) is 43.0 Å². The number of benzene rings is 1. The molecular formula is C18H28N2O5S. The Kier molecular flexibility index (Phi) is 6.65. The van der Waals surface area contributed by atoms with Crippen LogP contribution in [0.25, 0.3) is 0 Å². The molecule has 0 unspecified atom stereocenters. The first-order valence-electron chi connectivity index (χ1n) is 8.71. The van der Waals surface area contributed by atoms with E-state index in [2.05, 4.69) is 4.72 Å². The molecule has 0 aliphatic carbocycles. The number of nitrogens with zero attached hydrogens (tertiary/aromatic N) is 1. The van der Waals surface area contributed by atoms with Gasteiger partial charge >= 0.3 is 0 Å². The molecule has 1 heterocycles. The molecule has 1 saturated heterocycles. The van der Waals surface area contributed by atoms with Crippen LogP contribution in [0.2, 0.25) is 0 Å². The molecule has 1 aromatic carbocycles. The zero-order chi connectivity index (χ0) is 19.5. The largest absolute Gasteiger partial charge is 0.495 e. The second-order valence-corrected chi connectivity index (χ2v) is 8.55. The maximum Gasteiger partial charge on any atom is 0.244 e. The number of hydrogen-bond acceptors (Lipinski definition) is 5. The minimum atomic E-state index is -3.92. The van der Waals surface area contributed by atoms with Gasteiger partial charge in [-0.15, -0.1) is 0 Å². The minimum absolute atomic E-state index is 0.0449. The van der Waals surface area contributed by atoms with Crippen LogP contribution in [0.1, 0.15) is 25.0 Å². The van der Waals surface area contributed by atoms with Crippen LogP contribution in [0, 0.1) is 19.8 Å². The zero-order valence-electron chi connectivity index (χ0n) is 16.0. The molecule has 0 spiro atoms. The summed E-state index contributed by atoms with van der Waals surface area (Å²) in [6.45, 7) is 9.25. The van der Waals surface area contributed by atoms with E-state index in [-0.39, 0.29) is 22.5 Å². The van der Waals surface area contributed by atoms with Gasteiger partial charge in [0.25, 0.3) is 0 Å². The summed E-state index contributed by atoms with van der Waals surface area (Å²) in [5.74, 6) is -0.158. The Bertz CT molecular complexity index is 755. The summed E-state index contributed by atoms with van der Waals surface area (Å²) < 4.78 is 39.1. The van der Waals surface area contributed by atoms with Gasteiger partial charge in [0.05, 0.1) is 20.3 Å². The monoisotopic (exact) mass is 384 g/mol. The molecule has 1 atom stereocenters. The number of hydrogen-bond donors (Lipinski definition) is 1. The molecule has 1 amide bonds. The number of ether oxygens (including phenoxy) is 2. The topological polar surface area (TPSA) is 84.9 Å². The third kappa shape index (κ3) is 4.55. The molecule has 0 bridgehead atoms. The highest BCUT2D eigenvalue weighted by Gasteiger charge is 2.33. The smallest absolute Gasteiger partial charge is 0.244 e. The van der Waals surface area contributed by atoms with Crippen LogP contribution in [0.15, 0.2) is 17.0 Å². The van der Waals surface area contributed by atoms with Crippen LogP contribution < -0.4 is 9.46 Å². The van der Waals surface area contributed by atoms with Gasteiger partial charge in [-0.2, -0.15) is 4.72 Å². The van der Waals surface area contributed by atoms with Crippen molar-refractivity contribution < 1.29 is 22.7 Å². The van der Waals surface area contributed by atoms with Crippen molar-refractivity contribution in [2.75, 3.05) is 33.4 Å². The number of carbonyl (C=O) groups excluding carboxylic acids is 1. The highest BCUT2D eigenvalue weighted by molar-refractivity contribution is 7.89. The predicted molar refractivity (Wildman–Crippen MR) is 98.8 cm³/mol. The summed E-state index contributed by atoms with van der Waals surface area (Å²) in [6, 6.07) is 2.43. The van der Waals surface area contributed by atoms with Crippen LogP contribution in [-0.4, -0.2) is 58.7 Å². The van der Waals surface area contributed by atoms with E-state index in [1.54, 1.807) is 17.0 Å². The van der Waals surface area contributed by atoms with Crippen molar-refractivity contribution in [2.24, 2.45) is 5.92 Å². The fraction of sp³-hybridized carbons (Fsp3) is 0.611. The average Bonchev–Trinajstić information content (AvgIpc) is 2.61. The summed E-state index contributed by atoms with van der Waals surface area (Å²) in [7, 11) is -2.49. The van der Waals surface area contributed by atoms with Gasteiger partial charge in [0.1, 0.15) is 16.7 Å². The summed E-state index contributed by atoms with van der Waals surface area (Å²) in [4.78, 5) is 14.5. The maximum absolute atomic E-state index is 13.0. The number of nitrogens with one attached hydrogen (secondary N) is 1. The summed E-state index contributed by atoms with van der Waals surface area (Å²) >= 11 is 0. The first-order valence-corrected chi connectivity index (χ1v) is 10.2. The number of sulfonamides is 1. The SMILES string of the molecule is COc1cc(C)c(C)cc1S(=O)(=O)N[C@@H](C(=O)N1CCOCC1)C(C)C. The molecule has 1 aliphatic rings. The van der Waals surface area contributed by atoms with Gasteiger partial charge in [0.2, 0.25) is 15.9 Å².